The molecule has 0 heterocycles. The second-order valence-corrected chi connectivity index (χ2v) is 5.69. The third kappa shape index (κ3) is 6.22. The van der Waals surface area contributed by atoms with Crippen molar-refractivity contribution >= 4 is 5.91 Å². The van der Waals surface area contributed by atoms with Gasteiger partial charge in [0.25, 0.3) is 0 Å². The molecule has 0 atom stereocenters. The Labute approximate surface area is 138 Å². The van der Waals surface area contributed by atoms with E-state index in [0.29, 0.717) is 19.7 Å². The van der Waals surface area contributed by atoms with Gasteiger partial charge < -0.3 is 10.1 Å². The van der Waals surface area contributed by atoms with E-state index in [1.165, 1.54) is 5.56 Å². The lowest BCUT2D eigenvalue weighted by Gasteiger charge is -2.16. The fraction of sp³-hybridized carbons (Fsp3) is 0.316. The monoisotopic (exact) mass is 312 g/mol. The van der Waals surface area contributed by atoms with Gasteiger partial charge in [0, 0.05) is 20.2 Å². The summed E-state index contributed by atoms with van der Waals surface area (Å²) in [6, 6.07) is 18.2. The van der Waals surface area contributed by atoms with Crippen LogP contribution in [0.15, 0.2) is 54.6 Å². The summed E-state index contributed by atoms with van der Waals surface area (Å²) in [6.45, 7) is 2.27. The second-order valence-electron chi connectivity index (χ2n) is 5.69. The van der Waals surface area contributed by atoms with Crippen LogP contribution in [0, 0.1) is 0 Å². The van der Waals surface area contributed by atoms with Crippen molar-refractivity contribution in [2.75, 3.05) is 20.7 Å². The van der Waals surface area contributed by atoms with Crippen molar-refractivity contribution in [3.05, 3.63) is 71.3 Å². The van der Waals surface area contributed by atoms with Gasteiger partial charge in [-0.1, -0.05) is 54.6 Å². The molecule has 0 aromatic heterocycles. The van der Waals surface area contributed by atoms with Gasteiger partial charge in [0.1, 0.15) is 0 Å². The molecule has 0 radical (unpaired) electrons. The maximum Gasteiger partial charge on any atom is 0.234 e. The van der Waals surface area contributed by atoms with Gasteiger partial charge in [-0.25, -0.2) is 0 Å². The number of nitrogens with zero attached hydrogens (tertiary/aromatic N) is 1. The molecule has 0 saturated carbocycles. The summed E-state index contributed by atoms with van der Waals surface area (Å²) >= 11 is 0. The van der Waals surface area contributed by atoms with E-state index in [1.807, 2.05) is 48.3 Å². The minimum atomic E-state index is 0.0283. The molecule has 2 aromatic rings. The first-order chi connectivity index (χ1) is 11.2. The maximum absolute atomic E-state index is 12.1. The normalized spacial score (nSPS) is 10.7. The molecule has 2 rings (SSSR count). The molecule has 0 aliphatic rings. The molecule has 0 saturated heterocycles. The highest BCUT2D eigenvalue weighted by Crippen LogP contribution is 2.06. The molecule has 0 bridgehead atoms. The van der Waals surface area contributed by atoms with Crippen LogP contribution >= 0.6 is 0 Å². The molecule has 0 fully saturated rings. The Balaban J connectivity index is 1.77. The van der Waals surface area contributed by atoms with Gasteiger partial charge in [-0.3, -0.25) is 9.69 Å². The van der Waals surface area contributed by atoms with E-state index in [4.69, 9.17) is 4.74 Å². The topological polar surface area (TPSA) is 41.6 Å². The predicted molar refractivity (Wildman–Crippen MR) is 91.8 cm³/mol. The van der Waals surface area contributed by atoms with Crippen molar-refractivity contribution in [1.29, 1.82) is 0 Å². The number of hydrogen-bond donors (Lipinski definition) is 1. The fourth-order valence-corrected chi connectivity index (χ4v) is 2.45. The molecule has 1 N–H and O–H groups in total. The van der Waals surface area contributed by atoms with Crippen molar-refractivity contribution < 1.29 is 9.53 Å². The Morgan fingerprint density at radius 3 is 2.48 bits per heavy atom. The molecule has 0 aliphatic heterocycles. The first kappa shape index (κ1) is 17.2. The second kappa shape index (κ2) is 9.08. The standard InChI is InChI=1S/C19H24N2O2/c1-21(13-16-7-4-3-5-8-16)14-19(22)20-12-17-9-6-10-18(11-17)15-23-2/h3-11H,12-15H2,1-2H3,(H,20,22). The molecule has 0 unspecified atom stereocenters. The van der Waals surface area contributed by atoms with Crippen LogP contribution in [0.5, 0.6) is 0 Å². The molecule has 4 heteroatoms. The lowest BCUT2D eigenvalue weighted by Crippen LogP contribution is -2.34. The molecule has 0 aliphatic carbocycles. The molecule has 23 heavy (non-hydrogen) atoms. The van der Waals surface area contributed by atoms with Crippen LogP contribution in [-0.4, -0.2) is 31.5 Å². The molecule has 0 spiro atoms. The van der Waals surface area contributed by atoms with E-state index in [9.17, 15) is 4.79 Å². The number of carbonyl (C=O) groups excluding carboxylic acids is 1. The van der Waals surface area contributed by atoms with Crippen LogP contribution in [0.25, 0.3) is 0 Å². The van der Waals surface area contributed by atoms with Gasteiger partial charge in [0.2, 0.25) is 5.91 Å². The summed E-state index contributed by atoms with van der Waals surface area (Å²) in [4.78, 5) is 14.1. The predicted octanol–water partition coefficient (Wildman–Crippen LogP) is 2.58. The molecular formula is C19H24N2O2. The molecule has 1 amide bonds. The Kier molecular flexibility index (Phi) is 6.78. The number of ether oxygens (including phenoxy) is 1. The highest BCUT2D eigenvalue weighted by atomic mass is 16.5. The zero-order valence-corrected chi connectivity index (χ0v) is 13.8. The summed E-state index contributed by atoms with van der Waals surface area (Å²) in [5.74, 6) is 0.0283. The SMILES string of the molecule is COCc1cccc(CNC(=O)CN(C)Cc2ccccc2)c1. The maximum atomic E-state index is 12.1. The van der Waals surface area contributed by atoms with Crippen molar-refractivity contribution in [1.82, 2.24) is 10.2 Å². The number of rotatable bonds is 8. The van der Waals surface area contributed by atoms with Gasteiger partial charge in [0.15, 0.2) is 0 Å². The molecular weight excluding hydrogens is 288 g/mol. The van der Waals surface area contributed by atoms with E-state index in [-0.39, 0.29) is 5.91 Å². The smallest absolute Gasteiger partial charge is 0.234 e. The van der Waals surface area contributed by atoms with Crippen molar-refractivity contribution in [2.24, 2.45) is 0 Å². The number of methoxy groups -OCH3 is 1. The first-order valence-corrected chi connectivity index (χ1v) is 7.73. The van der Waals surface area contributed by atoms with E-state index >= 15 is 0 Å². The van der Waals surface area contributed by atoms with Crippen molar-refractivity contribution in [3.8, 4) is 0 Å². The zero-order chi connectivity index (χ0) is 16.5. The summed E-state index contributed by atoms with van der Waals surface area (Å²) in [5.41, 5.74) is 3.40. The average Bonchev–Trinajstić information content (AvgIpc) is 2.54. The van der Waals surface area contributed by atoms with Gasteiger partial charge in [-0.2, -0.15) is 0 Å². The Morgan fingerprint density at radius 2 is 1.74 bits per heavy atom. The van der Waals surface area contributed by atoms with Crippen LogP contribution < -0.4 is 5.32 Å². The zero-order valence-electron chi connectivity index (χ0n) is 13.8. The summed E-state index contributed by atoms with van der Waals surface area (Å²) in [6.07, 6.45) is 0. The number of hydrogen-bond acceptors (Lipinski definition) is 3. The van der Waals surface area contributed by atoms with Gasteiger partial charge in [-0.05, 0) is 23.7 Å². The molecule has 4 nitrogen and oxygen atoms in total. The lowest BCUT2D eigenvalue weighted by molar-refractivity contribution is -0.122. The van der Waals surface area contributed by atoms with E-state index < -0.39 is 0 Å². The van der Waals surface area contributed by atoms with Crippen LogP contribution in [0.2, 0.25) is 0 Å². The van der Waals surface area contributed by atoms with Gasteiger partial charge >= 0.3 is 0 Å². The Bertz CT molecular complexity index is 614. The van der Waals surface area contributed by atoms with Crippen LogP contribution in [0.4, 0.5) is 0 Å². The number of carbonyl (C=O) groups is 1. The van der Waals surface area contributed by atoms with E-state index in [0.717, 1.165) is 17.7 Å². The Morgan fingerprint density at radius 1 is 1.04 bits per heavy atom. The highest BCUT2D eigenvalue weighted by molar-refractivity contribution is 5.77. The lowest BCUT2D eigenvalue weighted by atomic mass is 10.1. The summed E-state index contributed by atoms with van der Waals surface area (Å²) < 4.78 is 5.12. The van der Waals surface area contributed by atoms with Crippen LogP contribution in [0.1, 0.15) is 16.7 Å². The number of likely N-dealkylation sites (N-methyl/N-ethyl adjacent to an activating group) is 1. The first-order valence-electron chi connectivity index (χ1n) is 7.73. The van der Waals surface area contributed by atoms with Crippen molar-refractivity contribution in [3.63, 3.8) is 0 Å². The van der Waals surface area contributed by atoms with Crippen LogP contribution in [0.3, 0.4) is 0 Å². The van der Waals surface area contributed by atoms with Gasteiger partial charge in [0.05, 0.1) is 13.2 Å². The van der Waals surface area contributed by atoms with Crippen LogP contribution in [-0.2, 0) is 29.2 Å². The van der Waals surface area contributed by atoms with Gasteiger partial charge in [-0.15, -0.1) is 0 Å². The quantitative estimate of drug-likeness (QED) is 0.814. The Hall–Kier alpha value is -2.17. The number of amides is 1. The fourth-order valence-electron chi connectivity index (χ4n) is 2.45. The number of benzene rings is 2. The molecule has 2 aromatic carbocycles. The highest BCUT2D eigenvalue weighted by Gasteiger charge is 2.07. The third-order valence-corrected chi connectivity index (χ3v) is 3.50. The number of nitrogens with one attached hydrogen (secondary N) is 1. The summed E-state index contributed by atoms with van der Waals surface area (Å²) in [5, 5.41) is 2.96. The van der Waals surface area contributed by atoms with Crippen molar-refractivity contribution in [2.45, 2.75) is 19.7 Å². The summed E-state index contributed by atoms with van der Waals surface area (Å²) in [7, 11) is 3.63. The minimum absolute atomic E-state index is 0.0283. The third-order valence-electron chi connectivity index (χ3n) is 3.50. The minimum Gasteiger partial charge on any atom is -0.380 e. The largest absolute Gasteiger partial charge is 0.380 e. The van der Waals surface area contributed by atoms with E-state index in [1.54, 1.807) is 7.11 Å². The average molecular weight is 312 g/mol. The van der Waals surface area contributed by atoms with E-state index in [2.05, 4.69) is 23.5 Å². The molecule has 122 valence electrons.